The van der Waals surface area contributed by atoms with Crippen molar-refractivity contribution in [2.75, 3.05) is 59.4 Å². The van der Waals surface area contributed by atoms with Crippen LogP contribution in [0, 0.1) is 5.92 Å². The number of pyridine rings is 1. The van der Waals surface area contributed by atoms with Gasteiger partial charge in [0.2, 0.25) is 5.91 Å². The third-order valence-electron chi connectivity index (χ3n) is 3.76. The van der Waals surface area contributed by atoms with E-state index in [0.29, 0.717) is 72.2 Å². The first kappa shape index (κ1) is 23.8. The van der Waals surface area contributed by atoms with Gasteiger partial charge in [0.15, 0.2) is 0 Å². The molecular weight excluding hydrogens is 366 g/mol. The zero-order valence-corrected chi connectivity index (χ0v) is 16.1. The zero-order valence-electron chi connectivity index (χ0n) is 16.1. The number of rotatable bonds is 18. The highest BCUT2D eigenvalue weighted by molar-refractivity contribution is 5.76. The van der Waals surface area contributed by atoms with E-state index in [-0.39, 0.29) is 11.8 Å². The van der Waals surface area contributed by atoms with E-state index in [1.165, 1.54) is 0 Å². The van der Waals surface area contributed by atoms with Gasteiger partial charge in [0.1, 0.15) is 0 Å². The van der Waals surface area contributed by atoms with Gasteiger partial charge in [0, 0.05) is 36.4 Å². The molecular formula is C18H29N5O5. The van der Waals surface area contributed by atoms with Gasteiger partial charge in [-0.05, 0) is 36.1 Å². The summed E-state index contributed by atoms with van der Waals surface area (Å²) < 4.78 is 21.4. The normalized spacial score (nSPS) is 11.7. The van der Waals surface area contributed by atoms with Crippen LogP contribution in [-0.4, -0.2) is 70.3 Å². The van der Waals surface area contributed by atoms with Gasteiger partial charge < -0.3 is 24.7 Å². The van der Waals surface area contributed by atoms with Crippen molar-refractivity contribution < 1.29 is 23.7 Å². The quantitative estimate of drug-likeness (QED) is 0.173. The Morgan fingerprint density at radius 3 is 2.07 bits per heavy atom. The van der Waals surface area contributed by atoms with Crippen molar-refractivity contribution >= 4 is 5.91 Å². The molecule has 1 atom stereocenters. The Labute approximate surface area is 164 Å². The fourth-order valence-corrected chi connectivity index (χ4v) is 2.29. The van der Waals surface area contributed by atoms with Crippen LogP contribution in [0.5, 0.6) is 0 Å². The molecule has 0 aliphatic heterocycles. The van der Waals surface area contributed by atoms with E-state index in [1.807, 2.05) is 12.1 Å². The van der Waals surface area contributed by atoms with Crippen LogP contribution in [0.15, 0.2) is 29.6 Å². The lowest BCUT2D eigenvalue weighted by atomic mass is 9.96. The lowest BCUT2D eigenvalue weighted by Gasteiger charge is -2.13. The summed E-state index contributed by atoms with van der Waals surface area (Å²) in [5.41, 5.74) is 14.6. The summed E-state index contributed by atoms with van der Waals surface area (Å²) in [6.45, 7) is 3.91. The standard InChI is InChI=1S/C18H29N5O5/c19-18(24)17(15-16-1-4-21-5-2-16)3-7-25-9-11-27-13-14-28-12-10-26-8-6-22-23-20/h1-2,4-5,17H,3,6-15H2,(H2,19,24). The van der Waals surface area contributed by atoms with Gasteiger partial charge in [-0.25, -0.2) is 0 Å². The maximum Gasteiger partial charge on any atom is 0.220 e. The molecule has 10 heteroatoms. The van der Waals surface area contributed by atoms with E-state index in [9.17, 15) is 4.79 Å². The largest absolute Gasteiger partial charge is 0.379 e. The van der Waals surface area contributed by atoms with Crippen LogP contribution in [0.4, 0.5) is 0 Å². The lowest BCUT2D eigenvalue weighted by Crippen LogP contribution is -2.26. The molecule has 0 aliphatic rings. The van der Waals surface area contributed by atoms with Gasteiger partial charge >= 0.3 is 0 Å². The molecule has 0 spiro atoms. The summed E-state index contributed by atoms with van der Waals surface area (Å²) in [4.78, 5) is 18.2. The summed E-state index contributed by atoms with van der Waals surface area (Å²) in [5.74, 6) is -0.582. The SMILES string of the molecule is [N-]=[N+]=NCCOCCOCCOCCOCCC(Cc1ccncc1)C(N)=O. The van der Waals surface area contributed by atoms with E-state index in [0.717, 1.165) is 5.56 Å². The van der Waals surface area contributed by atoms with E-state index >= 15 is 0 Å². The van der Waals surface area contributed by atoms with Crippen LogP contribution < -0.4 is 5.73 Å². The number of ether oxygens (including phenoxy) is 4. The molecule has 0 fully saturated rings. The first-order chi connectivity index (χ1) is 13.7. The topological polar surface area (TPSA) is 142 Å². The maximum absolute atomic E-state index is 11.6. The highest BCUT2D eigenvalue weighted by atomic mass is 16.6. The average Bonchev–Trinajstić information content (AvgIpc) is 2.70. The minimum atomic E-state index is -0.324. The van der Waals surface area contributed by atoms with E-state index in [4.69, 9.17) is 30.2 Å². The second-order valence-corrected chi connectivity index (χ2v) is 5.85. The van der Waals surface area contributed by atoms with Crippen molar-refractivity contribution in [1.82, 2.24) is 4.98 Å². The van der Waals surface area contributed by atoms with Crippen LogP contribution in [0.2, 0.25) is 0 Å². The van der Waals surface area contributed by atoms with Gasteiger partial charge in [-0.2, -0.15) is 0 Å². The molecule has 0 saturated heterocycles. The Balaban J connectivity index is 1.92. The molecule has 10 nitrogen and oxygen atoms in total. The molecule has 1 unspecified atom stereocenters. The molecule has 1 amide bonds. The lowest BCUT2D eigenvalue weighted by molar-refractivity contribution is -0.122. The Hall–Kier alpha value is -2.23. The molecule has 0 aliphatic carbocycles. The number of carbonyl (C=O) groups is 1. The van der Waals surface area contributed by atoms with Gasteiger partial charge in [-0.15, -0.1) is 0 Å². The Morgan fingerprint density at radius 2 is 1.54 bits per heavy atom. The van der Waals surface area contributed by atoms with E-state index in [1.54, 1.807) is 12.4 Å². The molecule has 156 valence electrons. The second kappa shape index (κ2) is 16.9. The fourth-order valence-electron chi connectivity index (χ4n) is 2.29. The molecule has 1 heterocycles. The van der Waals surface area contributed by atoms with Crippen molar-refractivity contribution in [1.29, 1.82) is 0 Å². The molecule has 0 radical (unpaired) electrons. The average molecular weight is 395 g/mol. The second-order valence-electron chi connectivity index (χ2n) is 5.85. The van der Waals surface area contributed by atoms with Crippen LogP contribution in [0.1, 0.15) is 12.0 Å². The Bertz CT molecular complexity index is 569. The number of aromatic nitrogens is 1. The van der Waals surface area contributed by atoms with E-state index in [2.05, 4.69) is 15.0 Å². The molecule has 1 aromatic heterocycles. The Morgan fingerprint density at radius 1 is 1.00 bits per heavy atom. The number of amides is 1. The third-order valence-corrected chi connectivity index (χ3v) is 3.76. The van der Waals surface area contributed by atoms with Crippen molar-refractivity contribution in [2.45, 2.75) is 12.8 Å². The number of azide groups is 1. The van der Waals surface area contributed by atoms with Crippen LogP contribution in [0.25, 0.3) is 10.4 Å². The number of hydrogen-bond donors (Lipinski definition) is 1. The molecule has 0 bridgehead atoms. The number of nitrogens with two attached hydrogens (primary N) is 1. The predicted octanol–water partition coefficient (Wildman–Crippen LogP) is 1.49. The van der Waals surface area contributed by atoms with Gasteiger partial charge in [-0.1, -0.05) is 5.11 Å². The smallest absolute Gasteiger partial charge is 0.220 e. The first-order valence-electron chi connectivity index (χ1n) is 9.24. The summed E-state index contributed by atoms with van der Waals surface area (Å²) in [7, 11) is 0. The van der Waals surface area contributed by atoms with Crippen molar-refractivity contribution in [2.24, 2.45) is 16.8 Å². The summed E-state index contributed by atoms with van der Waals surface area (Å²) in [6.07, 6.45) is 4.55. The van der Waals surface area contributed by atoms with Gasteiger partial charge in [0.05, 0.1) is 46.2 Å². The molecule has 1 rings (SSSR count). The number of primary amides is 1. The van der Waals surface area contributed by atoms with Crippen molar-refractivity contribution in [3.8, 4) is 0 Å². The maximum atomic E-state index is 11.6. The minimum absolute atomic E-state index is 0.259. The van der Waals surface area contributed by atoms with Crippen molar-refractivity contribution in [3.63, 3.8) is 0 Å². The van der Waals surface area contributed by atoms with Crippen molar-refractivity contribution in [3.05, 3.63) is 40.5 Å². The van der Waals surface area contributed by atoms with E-state index < -0.39 is 0 Å². The van der Waals surface area contributed by atoms with Crippen LogP contribution in [-0.2, 0) is 30.2 Å². The third kappa shape index (κ3) is 13.0. The summed E-state index contributed by atoms with van der Waals surface area (Å²) in [5, 5.41) is 3.36. The van der Waals surface area contributed by atoms with Gasteiger partial charge in [-0.3, -0.25) is 9.78 Å². The van der Waals surface area contributed by atoms with Crippen LogP contribution in [0.3, 0.4) is 0 Å². The fraction of sp³-hybridized carbons (Fsp3) is 0.667. The Kier molecular flexibility index (Phi) is 14.4. The molecule has 28 heavy (non-hydrogen) atoms. The zero-order chi connectivity index (χ0) is 20.3. The molecule has 0 saturated carbocycles. The predicted molar refractivity (Wildman–Crippen MR) is 103 cm³/mol. The number of nitrogens with zero attached hydrogens (tertiary/aromatic N) is 4. The summed E-state index contributed by atoms with van der Waals surface area (Å²) >= 11 is 0. The monoisotopic (exact) mass is 395 g/mol. The number of hydrogen-bond acceptors (Lipinski definition) is 7. The minimum Gasteiger partial charge on any atom is -0.379 e. The summed E-state index contributed by atoms with van der Waals surface area (Å²) in [6, 6.07) is 3.75. The highest BCUT2D eigenvalue weighted by Gasteiger charge is 2.15. The molecule has 1 aromatic rings. The van der Waals surface area contributed by atoms with Crippen LogP contribution >= 0.6 is 0 Å². The molecule has 0 aromatic carbocycles. The molecule has 2 N–H and O–H groups in total. The first-order valence-corrected chi connectivity index (χ1v) is 9.24. The highest BCUT2D eigenvalue weighted by Crippen LogP contribution is 2.11. The van der Waals surface area contributed by atoms with Gasteiger partial charge in [0.25, 0.3) is 0 Å². The number of carbonyl (C=O) groups excluding carboxylic acids is 1.